The molecule has 1 fully saturated rings. The van der Waals surface area contributed by atoms with E-state index in [2.05, 4.69) is 24.8 Å². The molecule has 0 radical (unpaired) electrons. The van der Waals surface area contributed by atoms with Crippen LogP contribution in [0.25, 0.3) is 11.5 Å². The Hall–Kier alpha value is -2.70. The third-order valence-corrected chi connectivity index (χ3v) is 4.66. The topological polar surface area (TPSA) is 64.0 Å². The molecule has 0 amide bonds. The maximum Gasteiger partial charge on any atom is 0.178 e. The van der Waals surface area contributed by atoms with Gasteiger partial charge in [-0.25, -0.2) is 9.97 Å². The lowest BCUT2D eigenvalue weighted by Gasteiger charge is -2.32. The second-order valence-electron chi connectivity index (χ2n) is 6.76. The van der Waals surface area contributed by atoms with Crippen LogP contribution in [0.1, 0.15) is 24.1 Å². The maximum atomic E-state index is 6.07. The highest BCUT2D eigenvalue weighted by molar-refractivity contribution is 5.47. The fraction of sp³-hybridized carbons (Fsp3) is 0.333. The van der Waals surface area contributed by atoms with Crippen LogP contribution in [0.4, 0.5) is 0 Å². The van der Waals surface area contributed by atoms with E-state index in [4.69, 9.17) is 4.74 Å². The van der Waals surface area contributed by atoms with E-state index in [1.165, 1.54) is 0 Å². The van der Waals surface area contributed by atoms with E-state index in [0.29, 0.717) is 12.4 Å². The van der Waals surface area contributed by atoms with E-state index in [1.807, 2.05) is 48.8 Å². The molecule has 0 N–H and O–H groups in total. The average molecular weight is 361 g/mol. The van der Waals surface area contributed by atoms with Gasteiger partial charge in [-0.2, -0.15) is 0 Å². The molecule has 3 aromatic heterocycles. The lowest BCUT2D eigenvalue weighted by molar-refractivity contribution is -0.0133. The minimum atomic E-state index is 0.245. The number of nitrogens with zero attached hydrogens (tertiary/aromatic N) is 5. The number of hydrogen-bond acceptors (Lipinski definition) is 6. The van der Waals surface area contributed by atoms with Crippen molar-refractivity contribution >= 4 is 0 Å². The Morgan fingerprint density at radius 3 is 2.52 bits per heavy atom. The second-order valence-corrected chi connectivity index (χ2v) is 6.76. The quantitative estimate of drug-likeness (QED) is 0.672. The predicted octanol–water partition coefficient (Wildman–Crippen LogP) is 3.11. The zero-order chi connectivity index (χ0) is 18.3. The van der Waals surface area contributed by atoms with Gasteiger partial charge >= 0.3 is 0 Å². The lowest BCUT2D eigenvalue weighted by atomic mass is 10.1. The van der Waals surface area contributed by atoms with Crippen molar-refractivity contribution < 1.29 is 4.74 Å². The first-order chi connectivity index (χ1) is 13.4. The highest BCUT2D eigenvalue weighted by Gasteiger charge is 2.21. The van der Waals surface area contributed by atoms with Crippen molar-refractivity contribution in [2.45, 2.75) is 32.1 Å². The second kappa shape index (κ2) is 8.79. The van der Waals surface area contributed by atoms with Gasteiger partial charge in [-0.3, -0.25) is 14.9 Å². The van der Waals surface area contributed by atoms with Crippen molar-refractivity contribution in [2.24, 2.45) is 0 Å². The van der Waals surface area contributed by atoms with Crippen LogP contribution in [0.3, 0.4) is 0 Å². The largest absolute Gasteiger partial charge is 0.371 e. The molecule has 0 spiro atoms. The number of rotatable bonds is 6. The molecule has 27 heavy (non-hydrogen) atoms. The molecular formula is C21H23N5O. The number of pyridine rings is 2. The van der Waals surface area contributed by atoms with E-state index in [9.17, 15) is 0 Å². The van der Waals surface area contributed by atoms with Crippen molar-refractivity contribution in [2.75, 3.05) is 13.1 Å². The normalized spacial score (nSPS) is 17.7. The van der Waals surface area contributed by atoms with Gasteiger partial charge in [0.25, 0.3) is 0 Å². The number of aromatic nitrogens is 4. The zero-order valence-corrected chi connectivity index (χ0v) is 15.2. The summed E-state index contributed by atoms with van der Waals surface area (Å²) in [6, 6.07) is 11.7. The van der Waals surface area contributed by atoms with E-state index in [1.54, 1.807) is 12.4 Å². The van der Waals surface area contributed by atoms with Crippen LogP contribution >= 0.6 is 0 Å². The summed E-state index contributed by atoms with van der Waals surface area (Å²) in [4.78, 5) is 20.0. The van der Waals surface area contributed by atoms with Gasteiger partial charge in [-0.15, -0.1) is 0 Å². The summed E-state index contributed by atoms with van der Waals surface area (Å²) in [5, 5.41) is 0. The number of hydrogen-bond donors (Lipinski definition) is 0. The Bertz CT molecular complexity index is 826. The van der Waals surface area contributed by atoms with E-state index < -0.39 is 0 Å². The molecule has 0 aromatic carbocycles. The summed E-state index contributed by atoms with van der Waals surface area (Å²) < 4.78 is 6.07. The highest BCUT2D eigenvalue weighted by atomic mass is 16.5. The predicted molar refractivity (Wildman–Crippen MR) is 103 cm³/mol. The minimum Gasteiger partial charge on any atom is -0.371 e. The summed E-state index contributed by atoms with van der Waals surface area (Å²) in [7, 11) is 0. The van der Waals surface area contributed by atoms with Crippen LogP contribution in [0.15, 0.2) is 61.2 Å². The van der Waals surface area contributed by atoms with E-state index in [0.717, 1.165) is 49.4 Å². The van der Waals surface area contributed by atoms with Crippen LogP contribution in [0.2, 0.25) is 0 Å². The molecule has 0 bridgehead atoms. The van der Waals surface area contributed by atoms with Gasteiger partial charge in [-0.05, 0) is 43.7 Å². The van der Waals surface area contributed by atoms with Gasteiger partial charge in [0.1, 0.15) is 5.69 Å². The smallest absolute Gasteiger partial charge is 0.178 e. The summed E-state index contributed by atoms with van der Waals surface area (Å²) in [6.45, 7) is 3.41. The molecule has 1 aliphatic rings. The van der Waals surface area contributed by atoms with Crippen molar-refractivity contribution in [1.82, 2.24) is 24.8 Å². The van der Waals surface area contributed by atoms with Crippen molar-refractivity contribution in [1.29, 1.82) is 0 Å². The molecule has 6 nitrogen and oxygen atoms in total. The van der Waals surface area contributed by atoms with Crippen molar-refractivity contribution in [3.05, 3.63) is 72.4 Å². The molecule has 0 aliphatic carbocycles. The Morgan fingerprint density at radius 1 is 0.963 bits per heavy atom. The van der Waals surface area contributed by atoms with Crippen LogP contribution in [0.5, 0.6) is 0 Å². The van der Waals surface area contributed by atoms with Crippen molar-refractivity contribution in [3.63, 3.8) is 0 Å². The van der Waals surface area contributed by atoms with E-state index in [-0.39, 0.29) is 6.10 Å². The minimum absolute atomic E-state index is 0.245. The summed E-state index contributed by atoms with van der Waals surface area (Å²) >= 11 is 0. The molecule has 138 valence electrons. The number of ether oxygens (including phenoxy) is 1. The van der Waals surface area contributed by atoms with Gasteiger partial charge in [-0.1, -0.05) is 12.1 Å². The first-order valence-electron chi connectivity index (χ1n) is 9.33. The fourth-order valence-electron chi connectivity index (χ4n) is 3.30. The van der Waals surface area contributed by atoms with Crippen LogP contribution in [0, 0.1) is 0 Å². The first kappa shape index (κ1) is 17.7. The van der Waals surface area contributed by atoms with Gasteiger partial charge in [0.2, 0.25) is 0 Å². The standard InChI is InChI=1S/C21H23N5O/c1-3-9-22-18(6-1)16-27-19-7-5-11-26(15-19)14-17-12-24-21(25-13-17)20-8-2-4-10-23-20/h1-4,6,8-10,12-13,19H,5,7,11,14-16H2/t19-/m0/s1. The summed E-state index contributed by atoms with van der Waals surface area (Å²) in [5.41, 5.74) is 2.89. The Morgan fingerprint density at radius 2 is 1.78 bits per heavy atom. The Labute approximate surface area is 159 Å². The van der Waals surface area contributed by atoms with Crippen LogP contribution in [-0.4, -0.2) is 44.0 Å². The molecule has 4 heterocycles. The molecule has 4 rings (SSSR count). The molecule has 1 aliphatic heterocycles. The lowest BCUT2D eigenvalue weighted by Crippen LogP contribution is -2.39. The van der Waals surface area contributed by atoms with Crippen LogP contribution in [-0.2, 0) is 17.9 Å². The Balaban J connectivity index is 1.31. The van der Waals surface area contributed by atoms with Gasteiger partial charge < -0.3 is 4.74 Å². The monoisotopic (exact) mass is 361 g/mol. The van der Waals surface area contributed by atoms with E-state index >= 15 is 0 Å². The molecule has 0 unspecified atom stereocenters. The molecule has 0 saturated carbocycles. The third kappa shape index (κ3) is 4.93. The summed E-state index contributed by atoms with van der Waals surface area (Å²) in [6.07, 6.45) is 9.84. The fourth-order valence-corrected chi connectivity index (χ4v) is 3.30. The summed E-state index contributed by atoms with van der Waals surface area (Å²) in [5.74, 6) is 0.662. The third-order valence-electron chi connectivity index (χ3n) is 4.66. The zero-order valence-electron chi connectivity index (χ0n) is 15.2. The SMILES string of the molecule is c1ccc(CO[C@H]2CCCN(Cc3cnc(-c4ccccn4)nc3)C2)nc1. The van der Waals surface area contributed by atoms with Crippen molar-refractivity contribution in [3.8, 4) is 11.5 Å². The van der Waals surface area contributed by atoms with Gasteiger partial charge in [0.15, 0.2) is 5.82 Å². The number of piperidine rings is 1. The highest BCUT2D eigenvalue weighted by Crippen LogP contribution is 2.17. The van der Waals surface area contributed by atoms with Crippen LogP contribution < -0.4 is 0 Å². The Kier molecular flexibility index (Phi) is 5.76. The molecule has 1 atom stereocenters. The molecule has 1 saturated heterocycles. The first-order valence-corrected chi connectivity index (χ1v) is 9.33. The molecule has 6 heteroatoms. The molecular weight excluding hydrogens is 338 g/mol. The number of likely N-dealkylation sites (tertiary alicyclic amines) is 1. The average Bonchev–Trinajstić information content (AvgIpc) is 2.75. The van der Waals surface area contributed by atoms with Gasteiger partial charge in [0.05, 0.1) is 18.4 Å². The van der Waals surface area contributed by atoms with Gasteiger partial charge in [0, 0.05) is 43.4 Å². The maximum absolute atomic E-state index is 6.07. The molecule has 3 aromatic rings.